The number of aryl methyl sites for hydroxylation is 1. The minimum Gasteiger partial charge on any atom is -0.493 e. The Morgan fingerprint density at radius 3 is 2.68 bits per heavy atom. The summed E-state index contributed by atoms with van der Waals surface area (Å²) in [5, 5.41) is 9.30. The van der Waals surface area contributed by atoms with Gasteiger partial charge in [-0.1, -0.05) is 24.3 Å². The molecule has 3 N–H and O–H groups in total. The third-order valence-electron chi connectivity index (χ3n) is 5.06. The molecule has 1 amide bonds. The normalized spacial score (nSPS) is 13.6. The van der Waals surface area contributed by atoms with Crippen molar-refractivity contribution in [2.45, 2.75) is 32.7 Å². The van der Waals surface area contributed by atoms with E-state index in [1.165, 1.54) is 30.5 Å². The van der Waals surface area contributed by atoms with Crippen LogP contribution in [0.15, 0.2) is 47.5 Å². The summed E-state index contributed by atoms with van der Waals surface area (Å²) in [5.74, 6) is 1.78. The molecule has 0 atom stereocenters. The fourth-order valence-corrected chi connectivity index (χ4v) is 3.11. The number of benzene rings is 2. The number of carbonyl (C=O) groups excluding carboxylic acids is 1. The Kier molecular flexibility index (Phi) is 8.27. The smallest absolute Gasteiger partial charge is 0.224 e. The maximum Gasteiger partial charge on any atom is 0.224 e. The van der Waals surface area contributed by atoms with E-state index in [1.807, 2.05) is 0 Å². The van der Waals surface area contributed by atoms with Gasteiger partial charge in [0.1, 0.15) is 11.6 Å². The molecule has 1 fully saturated rings. The Labute approximate surface area is 183 Å². The van der Waals surface area contributed by atoms with Gasteiger partial charge in [0.25, 0.3) is 0 Å². The van der Waals surface area contributed by atoms with Gasteiger partial charge in [-0.15, -0.1) is 0 Å². The molecule has 3 rings (SSSR count). The number of hydrogen-bond acceptors (Lipinski definition) is 3. The predicted octanol–water partition coefficient (Wildman–Crippen LogP) is 2.95. The molecular formula is C24H31FN4O2. The molecule has 0 unspecified atom stereocenters. The molecular weight excluding hydrogens is 395 g/mol. The molecule has 0 bridgehead atoms. The first kappa shape index (κ1) is 22.6. The maximum atomic E-state index is 13.2. The SMILES string of the molecule is CN=C(NCCNC(=O)Cc1cccc(F)c1)NCc1ccc(C)cc1OCC1CC1. The van der Waals surface area contributed by atoms with Crippen molar-refractivity contribution in [1.82, 2.24) is 16.0 Å². The van der Waals surface area contributed by atoms with Crippen molar-refractivity contribution in [1.29, 1.82) is 0 Å². The molecule has 31 heavy (non-hydrogen) atoms. The number of ether oxygens (including phenoxy) is 1. The molecule has 0 saturated heterocycles. The van der Waals surface area contributed by atoms with Crippen molar-refractivity contribution >= 4 is 11.9 Å². The molecule has 1 aliphatic carbocycles. The van der Waals surface area contributed by atoms with Crippen LogP contribution in [0.2, 0.25) is 0 Å². The standard InChI is InChI=1S/C24H31FN4O2/c1-17-6-9-20(22(12-17)31-16-18-7-8-18)15-29-24(26-2)28-11-10-27-23(30)14-19-4-3-5-21(25)13-19/h3-6,9,12-13,18H,7-8,10-11,14-16H2,1-2H3,(H,27,30)(H2,26,28,29). The second-order valence-corrected chi connectivity index (χ2v) is 7.87. The van der Waals surface area contributed by atoms with E-state index < -0.39 is 0 Å². The van der Waals surface area contributed by atoms with Gasteiger partial charge in [0.15, 0.2) is 5.96 Å². The minimum atomic E-state index is -0.337. The average molecular weight is 427 g/mol. The lowest BCUT2D eigenvalue weighted by molar-refractivity contribution is -0.120. The van der Waals surface area contributed by atoms with Crippen LogP contribution in [0.5, 0.6) is 5.75 Å². The third-order valence-corrected chi connectivity index (χ3v) is 5.06. The summed E-state index contributed by atoms with van der Waals surface area (Å²) in [4.78, 5) is 16.2. The summed E-state index contributed by atoms with van der Waals surface area (Å²) in [5.41, 5.74) is 2.91. The average Bonchev–Trinajstić information content (AvgIpc) is 3.57. The number of carbonyl (C=O) groups is 1. The fourth-order valence-electron chi connectivity index (χ4n) is 3.11. The lowest BCUT2D eigenvalue weighted by Gasteiger charge is -2.15. The van der Waals surface area contributed by atoms with Gasteiger partial charge in [0.2, 0.25) is 5.91 Å². The van der Waals surface area contributed by atoms with Gasteiger partial charge in [0.05, 0.1) is 13.0 Å². The highest BCUT2D eigenvalue weighted by Crippen LogP contribution is 2.30. The molecule has 0 radical (unpaired) electrons. The second kappa shape index (κ2) is 11.3. The quantitative estimate of drug-likeness (QED) is 0.310. The molecule has 0 aromatic heterocycles. The fraction of sp³-hybridized carbons (Fsp3) is 0.417. The molecule has 0 heterocycles. The van der Waals surface area contributed by atoms with E-state index in [1.54, 1.807) is 19.2 Å². The van der Waals surface area contributed by atoms with Gasteiger partial charge in [0, 0.05) is 32.2 Å². The summed E-state index contributed by atoms with van der Waals surface area (Å²) in [6.45, 7) is 4.39. The van der Waals surface area contributed by atoms with Gasteiger partial charge in [-0.05, 0) is 55.0 Å². The van der Waals surface area contributed by atoms with Crippen LogP contribution in [0, 0.1) is 18.7 Å². The molecule has 2 aromatic rings. The van der Waals surface area contributed by atoms with E-state index in [0.717, 1.165) is 17.9 Å². The predicted molar refractivity (Wildman–Crippen MR) is 121 cm³/mol. The minimum absolute atomic E-state index is 0.146. The summed E-state index contributed by atoms with van der Waals surface area (Å²) in [6.07, 6.45) is 2.67. The van der Waals surface area contributed by atoms with E-state index in [9.17, 15) is 9.18 Å². The molecule has 0 aliphatic heterocycles. The number of amides is 1. The van der Waals surface area contributed by atoms with Crippen molar-refractivity contribution in [3.05, 3.63) is 65.0 Å². The first-order valence-corrected chi connectivity index (χ1v) is 10.7. The van der Waals surface area contributed by atoms with Crippen LogP contribution in [-0.2, 0) is 17.8 Å². The Morgan fingerprint density at radius 2 is 1.94 bits per heavy atom. The van der Waals surface area contributed by atoms with Crippen molar-refractivity contribution in [2.24, 2.45) is 10.9 Å². The van der Waals surface area contributed by atoms with Crippen molar-refractivity contribution in [2.75, 3.05) is 26.7 Å². The lowest BCUT2D eigenvalue weighted by atomic mass is 10.1. The number of guanidine groups is 1. The number of halogens is 1. The third kappa shape index (κ3) is 7.92. The summed E-state index contributed by atoms with van der Waals surface area (Å²) in [6, 6.07) is 12.3. The zero-order chi connectivity index (χ0) is 22.1. The molecule has 6 nitrogen and oxygen atoms in total. The van der Waals surface area contributed by atoms with Crippen molar-refractivity contribution < 1.29 is 13.9 Å². The Morgan fingerprint density at radius 1 is 1.13 bits per heavy atom. The van der Waals surface area contributed by atoms with Crippen LogP contribution < -0.4 is 20.7 Å². The topological polar surface area (TPSA) is 74.8 Å². The van der Waals surface area contributed by atoms with E-state index in [-0.39, 0.29) is 18.1 Å². The molecule has 7 heteroatoms. The van der Waals surface area contributed by atoms with E-state index in [0.29, 0.717) is 37.1 Å². The monoisotopic (exact) mass is 426 g/mol. The van der Waals surface area contributed by atoms with E-state index in [4.69, 9.17) is 4.74 Å². The molecule has 2 aromatic carbocycles. The summed E-state index contributed by atoms with van der Waals surface area (Å²) in [7, 11) is 1.71. The number of nitrogens with zero attached hydrogens (tertiary/aromatic N) is 1. The van der Waals surface area contributed by atoms with E-state index in [2.05, 4.69) is 46.1 Å². The molecule has 1 aliphatic rings. The number of hydrogen-bond donors (Lipinski definition) is 3. The number of rotatable bonds is 10. The van der Waals surface area contributed by atoms with Crippen molar-refractivity contribution in [3.8, 4) is 5.75 Å². The van der Waals surface area contributed by atoms with Crippen LogP contribution in [-0.4, -0.2) is 38.6 Å². The lowest BCUT2D eigenvalue weighted by Crippen LogP contribution is -2.41. The number of aliphatic imine (C=N–C) groups is 1. The van der Waals surface area contributed by atoms with Gasteiger partial charge < -0.3 is 20.7 Å². The second-order valence-electron chi connectivity index (χ2n) is 7.87. The summed E-state index contributed by atoms with van der Waals surface area (Å²) >= 11 is 0. The largest absolute Gasteiger partial charge is 0.493 e. The highest BCUT2D eigenvalue weighted by atomic mass is 19.1. The molecule has 0 spiro atoms. The highest BCUT2D eigenvalue weighted by Gasteiger charge is 2.22. The van der Waals surface area contributed by atoms with Crippen LogP contribution >= 0.6 is 0 Å². The summed E-state index contributed by atoms with van der Waals surface area (Å²) < 4.78 is 19.2. The van der Waals surface area contributed by atoms with Crippen LogP contribution in [0.3, 0.4) is 0 Å². The van der Waals surface area contributed by atoms with Crippen molar-refractivity contribution in [3.63, 3.8) is 0 Å². The van der Waals surface area contributed by atoms with E-state index >= 15 is 0 Å². The zero-order valence-electron chi connectivity index (χ0n) is 18.2. The first-order valence-electron chi connectivity index (χ1n) is 10.7. The van der Waals surface area contributed by atoms with Gasteiger partial charge >= 0.3 is 0 Å². The van der Waals surface area contributed by atoms with Gasteiger partial charge in [-0.25, -0.2) is 4.39 Å². The Bertz CT molecular complexity index is 912. The van der Waals surface area contributed by atoms with Gasteiger partial charge in [-0.3, -0.25) is 9.79 Å². The highest BCUT2D eigenvalue weighted by molar-refractivity contribution is 5.80. The first-order chi connectivity index (χ1) is 15.0. The number of nitrogens with one attached hydrogen (secondary N) is 3. The van der Waals surface area contributed by atoms with Crippen LogP contribution in [0.25, 0.3) is 0 Å². The maximum absolute atomic E-state index is 13.2. The van der Waals surface area contributed by atoms with Gasteiger partial charge in [-0.2, -0.15) is 0 Å². The molecule has 166 valence electrons. The van der Waals surface area contributed by atoms with Crippen LogP contribution in [0.4, 0.5) is 4.39 Å². The zero-order valence-corrected chi connectivity index (χ0v) is 18.2. The van der Waals surface area contributed by atoms with Crippen LogP contribution in [0.1, 0.15) is 29.5 Å². The Hall–Kier alpha value is -3.09. The molecule has 1 saturated carbocycles. The Balaban J connectivity index is 1.39.